The summed E-state index contributed by atoms with van der Waals surface area (Å²) in [5.74, 6) is 0.317. The standard InChI is InChI=1S/C21H23N3O4/c1-22(17-9-5-6-10-18(17)24(26)27)21(25)28-20-16-11-12-19(20)23(14-16)13-15-7-3-2-4-8-15/h2-10,16,19-20H,11-14H2,1H3. The van der Waals surface area contributed by atoms with E-state index in [2.05, 4.69) is 17.0 Å². The molecule has 146 valence electrons. The van der Waals surface area contributed by atoms with Crippen LogP contribution in [0.1, 0.15) is 18.4 Å². The fraction of sp³-hybridized carbons (Fsp3) is 0.381. The number of hydrogen-bond acceptors (Lipinski definition) is 5. The molecular weight excluding hydrogens is 358 g/mol. The lowest BCUT2D eigenvalue weighted by Crippen LogP contribution is -2.38. The lowest BCUT2D eigenvalue weighted by atomic mass is 10.1. The average Bonchev–Trinajstić information content (AvgIpc) is 3.24. The number of amides is 1. The highest BCUT2D eigenvalue weighted by atomic mass is 16.6. The van der Waals surface area contributed by atoms with Crippen molar-refractivity contribution in [2.24, 2.45) is 5.92 Å². The molecule has 1 amide bonds. The largest absolute Gasteiger partial charge is 0.444 e. The number of ether oxygens (including phenoxy) is 1. The summed E-state index contributed by atoms with van der Waals surface area (Å²) in [4.78, 5) is 27.1. The van der Waals surface area contributed by atoms with Gasteiger partial charge in [-0.25, -0.2) is 4.79 Å². The molecule has 0 spiro atoms. The summed E-state index contributed by atoms with van der Waals surface area (Å²) in [5, 5.41) is 11.2. The zero-order chi connectivity index (χ0) is 19.7. The van der Waals surface area contributed by atoms with Crippen LogP contribution in [-0.4, -0.2) is 41.7 Å². The number of carbonyl (C=O) groups excluding carboxylic acids is 1. The zero-order valence-corrected chi connectivity index (χ0v) is 15.7. The van der Waals surface area contributed by atoms with Gasteiger partial charge >= 0.3 is 6.09 Å². The minimum absolute atomic E-state index is 0.109. The molecule has 1 heterocycles. The normalized spacial score (nSPS) is 23.5. The van der Waals surface area contributed by atoms with Crippen LogP contribution in [0.15, 0.2) is 54.6 Å². The molecule has 0 aromatic heterocycles. The summed E-state index contributed by atoms with van der Waals surface area (Å²) in [6, 6.07) is 16.7. The van der Waals surface area contributed by atoms with E-state index in [-0.39, 0.29) is 23.5 Å². The number of nitro groups is 1. The maximum Gasteiger partial charge on any atom is 0.414 e. The third-order valence-electron chi connectivity index (χ3n) is 5.79. The Morgan fingerprint density at radius 1 is 1.18 bits per heavy atom. The van der Waals surface area contributed by atoms with E-state index in [9.17, 15) is 14.9 Å². The number of benzene rings is 2. The molecule has 2 bridgehead atoms. The van der Waals surface area contributed by atoms with Gasteiger partial charge in [0.2, 0.25) is 0 Å². The van der Waals surface area contributed by atoms with Crippen molar-refractivity contribution in [3.8, 4) is 0 Å². The number of fused-ring (bicyclic) bond motifs is 2. The zero-order valence-electron chi connectivity index (χ0n) is 15.7. The maximum absolute atomic E-state index is 12.7. The molecule has 7 heteroatoms. The van der Waals surface area contributed by atoms with Gasteiger partial charge in [-0.3, -0.25) is 19.9 Å². The Morgan fingerprint density at radius 2 is 1.89 bits per heavy atom. The van der Waals surface area contributed by atoms with E-state index >= 15 is 0 Å². The molecule has 1 aliphatic carbocycles. The molecule has 2 fully saturated rings. The third kappa shape index (κ3) is 3.45. The topological polar surface area (TPSA) is 75.9 Å². The van der Waals surface area contributed by atoms with Crippen molar-refractivity contribution in [3.05, 3.63) is 70.3 Å². The molecule has 0 N–H and O–H groups in total. The molecule has 2 aliphatic rings. The molecule has 7 nitrogen and oxygen atoms in total. The van der Waals surface area contributed by atoms with Crippen molar-refractivity contribution in [2.45, 2.75) is 31.5 Å². The van der Waals surface area contributed by atoms with Gasteiger partial charge in [-0.05, 0) is 24.5 Å². The van der Waals surface area contributed by atoms with E-state index in [4.69, 9.17) is 4.74 Å². The summed E-state index contributed by atoms with van der Waals surface area (Å²) in [5.41, 5.74) is 1.38. The van der Waals surface area contributed by atoms with Crippen molar-refractivity contribution in [1.29, 1.82) is 0 Å². The number of nitrogens with zero attached hydrogens (tertiary/aromatic N) is 3. The summed E-state index contributed by atoms with van der Waals surface area (Å²) in [6.07, 6.45) is 1.34. The van der Waals surface area contributed by atoms with Crippen LogP contribution in [0, 0.1) is 16.0 Å². The Labute approximate surface area is 163 Å². The first-order valence-corrected chi connectivity index (χ1v) is 9.50. The van der Waals surface area contributed by atoms with Gasteiger partial charge < -0.3 is 4.74 Å². The average molecular weight is 381 g/mol. The minimum Gasteiger partial charge on any atom is -0.444 e. The molecule has 28 heavy (non-hydrogen) atoms. The van der Waals surface area contributed by atoms with Crippen molar-refractivity contribution in [2.75, 3.05) is 18.5 Å². The van der Waals surface area contributed by atoms with Crippen LogP contribution in [0.2, 0.25) is 0 Å². The number of hydrogen-bond donors (Lipinski definition) is 0. The predicted octanol–water partition coefficient (Wildman–Crippen LogP) is 3.83. The van der Waals surface area contributed by atoms with Gasteiger partial charge in [0.15, 0.2) is 0 Å². The van der Waals surface area contributed by atoms with E-state index in [1.54, 1.807) is 18.2 Å². The summed E-state index contributed by atoms with van der Waals surface area (Å²) in [7, 11) is 1.52. The molecule has 2 aromatic rings. The number of piperidine rings is 1. The molecule has 3 unspecified atom stereocenters. The fourth-order valence-electron chi connectivity index (χ4n) is 4.42. The highest BCUT2D eigenvalue weighted by Gasteiger charge is 2.49. The SMILES string of the molecule is CN(C(=O)OC1C2CCC1N(Cc1ccccc1)C2)c1ccccc1[N+](=O)[O-]. The molecular formula is C21H23N3O4. The van der Waals surface area contributed by atoms with Gasteiger partial charge in [-0.2, -0.15) is 0 Å². The fourth-order valence-corrected chi connectivity index (χ4v) is 4.42. The quantitative estimate of drug-likeness (QED) is 0.581. The number of carbonyl (C=O) groups is 1. The van der Waals surface area contributed by atoms with Crippen LogP contribution in [0.25, 0.3) is 0 Å². The lowest BCUT2D eigenvalue weighted by molar-refractivity contribution is -0.384. The first-order chi connectivity index (χ1) is 13.5. The van der Waals surface area contributed by atoms with Crippen LogP contribution < -0.4 is 4.90 Å². The van der Waals surface area contributed by atoms with E-state index in [0.29, 0.717) is 5.92 Å². The van der Waals surface area contributed by atoms with Crippen LogP contribution in [-0.2, 0) is 11.3 Å². The molecule has 4 rings (SSSR count). The monoisotopic (exact) mass is 381 g/mol. The summed E-state index contributed by atoms with van der Waals surface area (Å²) < 4.78 is 5.84. The van der Waals surface area contributed by atoms with Gasteiger partial charge in [-0.1, -0.05) is 42.5 Å². The van der Waals surface area contributed by atoms with Crippen molar-refractivity contribution in [1.82, 2.24) is 4.90 Å². The molecule has 1 aliphatic heterocycles. The van der Waals surface area contributed by atoms with Crippen molar-refractivity contribution >= 4 is 17.5 Å². The summed E-state index contributed by atoms with van der Waals surface area (Å²) >= 11 is 0. The van der Waals surface area contributed by atoms with E-state index in [1.807, 2.05) is 18.2 Å². The summed E-state index contributed by atoms with van der Waals surface area (Å²) in [6.45, 7) is 1.75. The Hall–Kier alpha value is -2.93. The first kappa shape index (κ1) is 18.4. The molecule has 1 saturated heterocycles. The minimum atomic E-state index is -0.544. The van der Waals surface area contributed by atoms with Gasteiger partial charge in [0.25, 0.3) is 5.69 Å². The second kappa shape index (κ2) is 7.59. The number of anilines is 1. The van der Waals surface area contributed by atoms with E-state index in [0.717, 1.165) is 25.9 Å². The Morgan fingerprint density at radius 3 is 2.64 bits per heavy atom. The van der Waals surface area contributed by atoms with Gasteiger partial charge in [-0.15, -0.1) is 0 Å². The number of para-hydroxylation sites is 2. The molecule has 3 atom stereocenters. The van der Waals surface area contributed by atoms with E-state index < -0.39 is 11.0 Å². The Balaban J connectivity index is 1.44. The van der Waals surface area contributed by atoms with E-state index in [1.165, 1.54) is 23.6 Å². The van der Waals surface area contributed by atoms with Crippen LogP contribution in [0.4, 0.5) is 16.2 Å². The van der Waals surface area contributed by atoms with Gasteiger partial charge in [0, 0.05) is 38.2 Å². The Kier molecular flexibility index (Phi) is 5.00. The smallest absolute Gasteiger partial charge is 0.414 e. The highest BCUT2D eigenvalue weighted by molar-refractivity contribution is 5.90. The predicted molar refractivity (Wildman–Crippen MR) is 105 cm³/mol. The molecule has 1 saturated carbocycles. The lowest BCUT2D eigenvalue weighted by Gasteiger charge is -2.27. The third-order valence-corrected chi connectivity index (χ3v) is 5.79. The number of nitro benzene ring substituents is 1. The number of rotatable bonds is 5. The van der Waals surface area contributed by atoms with Gasteiger partial charge in [0.05, 0.1) is 4.92 Å². The van der Waals surface area contributed by atoms with Crippen molar-refractivity contribution < 1.29 is 14.5 Å². The molecule has 2 aromatic carbocycles. The second-order valence-corrected chi connectivity index (χ2v) is 7.47. The first-order valence-electron chi connectivity index (χ1n) is 9.50. The van der Waals surface area contributed by atoms with Crippen LogP contribution in [0.5, 0.6) is 0 Å². The van der Waals surface area contributed by atoms with Gasteiger partial charge in [0.1, 0.15) is 11.8 Å². The highest BCUT2D eigenvalue weighted by Crippen LogP contribution is 2.41. The molecule has 0 radical (unpaired) electrons. The second-order valence-electron chi connectivity index (χ2n) is 7.47. The Bertz CT molecular complexity index is 873. The maximum atomic E-state index is 12.7. The van der Waals surface area contributed by atoms with Crippen LogP contribution >= 0.6 is 0 Å². The van der Waals surface area contributed by atoms with Crippen LogP contribution in [0.3, 0.4) is 0 Å². The number of likely N-dealkylation sites (tertiary alicyclic amines) is 1. The van der Waals surface area contributed by atoms with Crippen molar-refractivity contribution in [3.63, 3.8) is 0 Å².